The normalized spacial score (nSPS) is 11.4. The summed E-state index contributed by atoms with van der Waals surface area (Å²) in [4.78, 5) is 0. The Labute approximate surface area is 62.6 Å². The van der Waals surface area contributed by atoms with Crippen LogP contribution in [0.5, 0.6) is 0 Å². The molecule has 0 fully saturated rings. The van der Waals surface area contributed by atoms with E-state index in [0.29, 0.717) is 0 Å². The Bertz CT molecular complexity index is 301. The fraction of sp³-hybridized carbons (Fsp3) is 0.500. The van der Waals surface area contributed by atoms with E-state index in [1.165, 1.54) is 7.05 Å². The maximum atomic E-state index is 10.7. The van der Waals surface area contributed by atoms with Gasteiger partial charge in [-0.25, -0.2) is 9.44 Å². The van der Waals surface area contributed by atoms with Gasteiger partial charge in [0.05, 0.1) is 0 Å². The molecular weight excluding hydrogens is 172 g/mol. The maximum absolute atomic E-state index is 10.7. The van der Waals surface area contributed by atoms with E-state index in [2.05, 4.69) is 20.6 Å². The molecule has 1 aromatic rings. The third-order valence-electron chi connectivity index (χ3n) is 0.840. The molecule has 1 rings (SSSR count). The van der Waals surface area contributed by atoms with Crippen LogP contribution in [-0.2, 0) is 10.2 Å². The highest BCUT2D eigenvalue weighted by Crippen LogP contribution is 1.92. The van der Waals surface area contributed by atoms with Crippen molar-refractivity contribution in [3.8, 4) is 0 Å². The first kappa shape index (κ1) is 7.88. The molecule has 0 bridgehead atoms. The topological polar surface area (TPSA) is 113 Å². The summed E-state index contributed by atoms with van der Waals surface area (Å²) in [5.74, 6) is -0.0978. The van der Waals surface area contributed by atoms with Crippen LogP contribution in [0.2, 0.25) is 0 Å². The number of nitrogens with one attached hydrogen (secondary N) is 3. The Balaban J connectivity index is 2.72. The van der Waals surface area contributed by atoms with Crippen molar-refractivity contribution in [1.29, 1.82) is 0 Å². The first-order valence-corrected chi connectivity index (χ1v) is 4.07. The Morgan fingerprint density at radius 3 is 2.73 bits per heavy atom. The minimum atomic E-state index is -3.53. The summed E-state index contributed by atoms with van der Waals surface area (Å²) in [7, 11) is -2.26. The number of tetrazole rings is 1. The van der Waals surface area contributed by atoms with Crippen LogP contribution >= 0.6 is 0 Å². The number of hydrogen-bond acceptors (Lipinski definition) is 5. The fourth-order valence-corrected chi connectivity index (χ4v) is 0.805. The lowest BCUT2D eigenvalue weighted by Crippen LogP contribution is -2.26. The Kier molecular flexibility index (Phi) is 2.01. The van der Waals surface area contributed by atoms with E-state index >= 15 is 0 Å². The molecule has 0 saturated carbocycles. The standard InChI is InChI=1S/C2H6N6O2S/c1-3-11(9,10)6-2-4-7-8-5-2/h3H,1H3,(H2,4,5,6,7,8). The van der Waals surface area contributed by atoms with Gasteiger partial charge in [-0.05, 0) is 5.21 Å². The van der Waals surface area contributed by atoms with E-state index in [4.69, 9.17) is 0 Å². The zero-order chi connectivity index (χ0) is 8.32. The summed E-state index contributed by atoms with van der Waals surface area (Å²) in [5, 5.41) is 12.0. The lowest BCUT2D eigenvalue weighted by atomic mass is 11.2. The molecule has 0 saturated heterocycles. The molecule has 0 spiro atoms. The Hall–Kier alpha value is -1.22. The Morgan fingerprint density at radius 2 is 2.27 bits per heavy atom. The highest BCUT2D eigenvalue weighted by atomic mass is 32.2. The van der Waals surface area contributed by atoms with Gasteiger partial charge in [0.15, 0.2) is 0 Å². The molecule has 9 heteroatoms. The molecule has 0 radical (unpaired) electrons. The van der Waals surface area contributed by atoms with Crippen LogP contribution in [0, 0.1) is 0 Å². The average Bonchev–Trinajstić information content (AvgIpc) is 2.39. The predicted octanol–water partition coefficient (Wildman–Crippen LogP) is -1.92. The number of H-pyrrole nitrogens is 1. The lowest BCUT2D eigenvalue weighted by Gasteiger charge is -1.98. The van der Waals surface area contributed by atoms with Gasteiger partial charge in [0, 0.05) is 7.05 Å². The second-order valence-electron chi connectivity index (χ2n) is 1.55. The van der Waals surface area contributed by atoms with Gasteiger partial charge in [-0.2, -0.15) is 13.6 Å². The molecule has 1 aromatic heterocycles. The van der Waals surface area contributed by atoms with Crippen LogP contribution < -0.4 is 9.44 Å². The number of rotatable bonds is 3. The first-order valence-electron chi connectivity index (χ1n) is 2.59. The van der Waals surface area contributed by atoms with E-state index < -0.39 is 10.2 Å². The van der Waals surface area contributed by atoms with Crippen molar-refractivity contribution >= 4 is 16.2 Å². The van der Waals surface area contributed by atoms with Gasteiger partial charge < -0.3 is 0 Å². The van der Waals surface area contributed by atoms with Crippen molar-refractivity contribution in [1.82, 2.24) is 25.3 Å². The van der Waals surface area contributed by atoms with Gasteiger partial charge in [0.1, 0.15) is 0 Å². The molecule has 0 aliphatic rings. The van der Waals surface area contributed by atoms with Crippen LogP contribution in [0.25, 0.3) is 0 Å². The summed E-state index contributed by atoms with van der Waals surface area (Å²) in [6, 6.07) is 0. The Morgan fingerprint density at radius 1 is 1.55 bits per heavy atom. The largest absolute Gasteiger partial charge is 0.301 e. The number of hydrogen-bond donors (Lipinski definition) is 3. The molecule has 1 heterocycles. The number of aromatic nitrogens is 4. The second kappa shape index (κ2) is 2.80. The maximum Gasteiger partial charge on any atom is 0.301 e. The van der Waals surface area contributed by atoms with Gasteiger partial charge >= 0.3 is 10.2 Å². The highest BCUT2D eigenvalue weighted by Gasteiger charge is 2.07. The van der Waals surface area contributed by atoms with Gasteiger partial charge in [0.2, 0.25) is 0 Å². The van der Waals surface area contributed by atoms with Crippen LogP contribution in [0.4, 0.5) is 5.95 Å². The second-order valence-corrected chi connectivity index (χ2v) is 3.16. The minimum absolute atomic E-state index is 0.0978. The van der Waals surface area contributed by atoms with E-state index in [1.54, 1.807) is 0 Å². The molecule has 0 aromatic carbocycles. The third kappa shape index (κ3) is 2.13. The van der Waals surface area contributed by atoms with Gasteiger partial charge in [-0.15, -0.1) is 5.10 Å². The van der Waals surface area contributed by atoms with Crippen LogP contribution in [0.1, 0.15) is 0 Å². The molecule has 8 nitrogen and oxygen atoms in total. The fourth-order valence-electron chi connectivity index (χ4n) is 0.376. The smallest absolute Gasteiger partial charge is 0.236 e. The molecule has 0 aliphatic heterocycles. The van der Waals surface area contributed by atoms with E-state index in [-0.39, 0.29) is 5.95 Å². The molecule has 0 amide bonds. The van der Waals surface area contributed by atoms with Gasteiger partial charge in [-0.1, -0.05) is 5.10 Å². The highest BCUT2D eigenvalue weighted by molar-refractivity contribution is 7.90. The van der Waals surface area contributed by atoms with Crippen molar-refractivity contribution in [3.63, 3.8) is 0 Å². The van der Waals surface area contributed by atoms with Gasteiger partial charge in [0.25, 0.3) is 5.95 Å². The van der Waals surface area contributed by atoms with Crippen molar-refractivity contribution in [2.75, 3.05) is 11.8 Å². The predicted molar refractivity (Wildman–Crippen MR) is 35.8 cm³/mol. The lowest BCUT2D eigenvalue weighted by molar-refractivity contribution is 0.593. The average molecular weight is 178 g/mol. The monoisotopic (exact) mass is 178 g/mol. The summed E-state index contributed by atoms with van der Waals surface area (Å²) in [5.41, 5.74) is 0. The van der Waals surface area contributed by atoms with E-state index in [9.17, 15) is 8.42 Å². The van der Waals surface area contributed by atoms with Gasteiger partial charge in [-0.3, -0.25) is 0 Å². The van der Waals surface area contributed by atoms with Crippen LogP contribution in [-0.4, -0.2) is 36.1 Å². The van der Waals surface area contributed by atoms with Crippen molar-refractivity contribution < 1.29 is 8.42 Å². The SMILES string of the molecule is CNS(=O)(=O)Nc1nn[nH]n1. The number of anilines is 1. The number of aromatic amines is 1. The summed E-state index contributed by atoms with van der Waals surface area (Å²) in [6.07, 6.45) is 0. The molecule has 11 heavy (non-hydrogen) atoms. The first-order chi connectivity index (χ1) is 5.14. The third-order valence-corrected chi connectivity index (χ3v) is 1.83. The molecule has 3 N–H and O–H groups in total. The number of nitrogens with zero attached hydrogens (tertiary/aromatic N) is 3. The van der Waals surface area contributed by atoms with Crippen molar-refractivity contribution in [2.24, 2.45) is 0 Å². The van der Waals surface area contributed by atoms with E-state index in [0.717, 1.165) is 0 Å². The summed E-state index contributed by atoms with van der Waals surface area (Å²) in [6.45, 7) is 0. The van der Waals surface area contributed by atoms with Crippen molar-refractivity contribution in [2.45, 2.75) is 0 Å². The molecule has 0 atom stereocenters. The van der Waals surface area contributed by atoms with Crippen LogP contribution in [0.15, 0.2) is 0 Å². The zero-order valence-corrected chi connectivity index (χ0v) is 6.38. The quantitative estimate of drug-likeness (QED) is 0.499. The summed E-state index contributed by atoms with van der Waals surface area (Å²) < 4.78 is 25.5. The van der Waals surface area contributed by atoms with Crippen molar-refractivity contribution in [3.05, 3.63) is 0 Å². The zero-order valence-electron chi connectivity index (χ0n) is 5.57. The van der Waals surface area contributed by atoms with Crippen LogP contribution in [0.3, 0.4) is 0 Å². The summed E-state index contributed by atoms with van der Waals surface area (Å²) >= 11 is 0. The molecule has 0 unspecified atom stereocenters. The molecular formula is C2H6N6O2S. The molecule has 62 valence electrons. The minimum Gasteiger partial charge on any atom is -0.236 e. The molecule has 0 aliphatic carbocycles. The van der Waals surface area contributed by atoms with E-state index in [1.807, 2.05) is 9.44 Å².